The van der Waals surface area contributed by atoms with Crippen molar-refractivity contribution in [3.63, 3.8) is 0 Å². The summed E-state index contributed by atoms with van der Waals surface area (Å²) in [4.78, 5) is 16.9. The molecule has 0 saturated carbocycles. The zero-order chi connectivity index (χ0) is 14.7. The van der Waals surface area contributed by atoms with Crippen LogP contribution in [0.4, 0.5) is 17.3 Å². The fourth-order valence-electron chi connectivity index (χ4n) is 1.70. The minimum atomic E-state index is -0.479. The Kier molecular flexibility index (Phi) is 4.16. The maximum atomic E-state index is 10.8. The molecule has 0 bridgehead atoms. The van der Waals surface area contributed by atoms with Crippen LogP contribution in [0, 0.1) is 24.0 Å². The molecule has 0 aliphatic carbocycles. The van der Waals surface area contributed by atoms with E-state index in [0.717, 1.165) is 4.88 Å². The summed E-state index contributed by atoms with van der Waals surface area (Å²) < 4.78 is 0. The number of pyridine rings is 1. The zero-order valence-corrected chi connectivity index (χ0v) is 12.0. The molecule has 0 unspecified atom stereocenters. The molecule has 20 heavy (non-hydrogen) atoms. The second kappa shape index (κ2) is 5.85. The van der Waals surface area contributed by atoms with Gasteiger partial charge in [0, 0.05) is 9.75 Å². The molecule has 0 saturated heterocycles. The lowest BCUT2D eigenvalue weighted by atomic mass is 10.3. The number of aromatic nitrogens is 1. The molecule has 8 heteroatoms. The lowest BCUT2D eigenvalue weighted by Gasteiger charge is -2.06. The van der Waals surface area contributed by atoms with E-state index in [1.807, 2.05) is 0 Å². The average Bonchev–Trinajstić information content (AvgIpc) is 2.75. The smallest absolute Gasteiger partial charge is 0.276 e. The van der Waals surface area contributed by atoms with Crippen molar-refractivity contribution in [3.8, 4) is 0 Å². The van der Waals surface area contributed by atoms with Crippen molar-refractivity contribution >= 4 is 28.7 Å². The molecule has 0 aliphatic heterocycles. The summed E-state index contributed by atoms with van der Waals surface area (Å²) in [6.07, 6.45) is 0. The number of hydrogen-bond acceptors (Lipinski definition) is 7. The highest BCUT2D eigenvalue weighted by Crippen LogP contribution is 2.23. The van der Waals surface area contributed by atoms with Crippen LogP contribution in [-0.2, 0) is 6.54 Å². The summed E-state index contributed by atoms with van der Waals surface area (Å²) in [6.45, 7) is 4.68. The van der Waals surface area contributed by atoms with Gasteiger partial charge in [-0.25, -0.2) is 10.8 Å². The van der Waals surface area contributed by atoms with E-state index in [4.69, 9.17) is 5.84 Å². The van der Waals surface area contributed by atoms with E-state index in [-0.39, 0.29) is 11.5 Å². The molecule has 2 rings (SSSR count). The van der Waals surface area contributed by atoms with Crippen molar-refractivity contribution < 1.29 is 4.92 Å². The van der Waals surface area contributed by atoms with Gasteiger partial charge in [0.25, 0.3) is 5.69 Å². The minimum absolute atomic E-state index is 0.0611. The number of nitrogen functional groups attached to an aromatic ring is 1. The third kappa shape index (κ3) is 3.22. The first kappa shape index (κ1) is 14.2. The number of rotatable bonds is 5. The Hall–Kier alpha value is -2.19. The molecule has 0 radical (unpaired) electrons. The highest BCUT2D eigenvalue weighted by Gasteiger charge is 2.11. The monoisotopic (exact) mass is 293 g/mol. The Balaban J connectivity index is 2.16. The summed E-state index contributed by atoms with van der Waals surface area (Å²) in [5, 5.41) is 13.9. The van der Waals surface area contributed by atoms with E-state index < -0.39 is 4.92 Å². The molecule has 2 aromatic heterocycles. The number of aryl methyl sites for hydroxylation is 2. The number of hydrazine groups is 1. The fourth-order valence-corrected chi connectivity index (χ4v) is 2.69. The number of nitrogens with one attached hydrogen (secondary N) is 2. The van der Waals surface area contributed by atoms with Gasteiger partial charge < -0.3 is 10.7 Å². The molecule has 0 aromatic carbocycles. The van der Waals surface area contributed by atoms with Gasteiger partial charge in [-0.3, -0.25) is 10.1 Å². The average molecular weight is 293 g/mol. The van der Waals surface area contributed by atoms with E-state index in [2.05, 4.69) is 35.6 Å². The highest BCUT2D eigenvalue weighted by molar-refractivity contribution is 7.12. The summed E-state index contributed by atoms with van der Waals surface area (Å²) in [7, 11) is 0. The van der Waals surface area contributed by atoms with Gasteiger partial charge in [0.1, 0.15) is 11.6 Å². The van der Waals surface area contributed by atoms with Crippen LogP contribution in [0.5, 0.6) is 0 Å². The molecule has 0 amide bonds. The summed E-state index contributed by atoms with van der Waals surface area (Å²) >= 11 is 1.69. The highest BCUT2D eigenvalue weighted by atomic mass is 32.1. The summed E-state index contributed by atoms with van der Waals surface area (Å²) in [6, 6.07) is 4.76. The van der Waals surface area contributed by atoms with Crippen LogP contribution in [-0.4, -0.2) is 9.91 Å². The van der Waals surface area contributed by atoms with Gasteiger partial charge in [0.05, 0.1) is 23.6 Å². The van der Waals surface area contributed by atoms with Crippen molar-refractivity contribution in [1.82, 2.24) is 4.98 Å². The molecule has 0 aliphatic rings. The Labute approximate surface area is 120 Å². The molecule has 2 aromatic rings. The molecule has 106 valence electrons. The molecular weight excluding hydrogens is 278 g/mol. The number of thiophene rings is 1. The predicted octanol–water partition coefficient (Wildman–Crippen LogP) is 2.57. The van der Waals surface area contributed by atoms with E-state index in [9.17, 15) is 10.1 Å². The molecule has 4 N–H and O–H groups in total. The number of hydrogen-bond donors (Lipinski definition) is 3. The molecule has 2 heterocycles. The van der Waals surface area contributed by atoms with Crippen molar-refractivity contribution in [2.45, 2.75) is 20.4 Å². The van der Waals surface area contributed by atoms with Crippen molar-refractivity contribution in [2.75, 3.05) is 10.7 Å². The van der Waals surface area contributed by atoms with Crippen LogP contribution in [0.15, 0.2) is 18.2 Å². The van der Waals surface area contributed by atoms with Gasteiger partial charge in [-0.1, -0.05) is 0 Å². The van der Waals surface area contributed by atoms with E-state index >= 15 is 0 Å². The number of nitrogens with zero attached hydrogens (tertiary/aromatic N) is 2. The lowest BCUT2D eigenvalue weighted by molar-refractivity contribution is -0.384. The summed E-state index contributed by atoms with van der Waals surface area (Å²) in [5.41, 5.74) is 3.50. The van der Waals surface area contributed by atoms with E-state index in [1.165, 1.54) is 22.6 Å². The molecule has 0 atom stereocenters. The van der Waals surface area contributed by atoms with Crippen LogP contribution in [0.25, 0.3) is 0 Å². The Bertz CT molecular complexity index is 621. The number of nitrogens with two attached hydrogens (primary N) is 1. The predicted molar refractivity (Wildman–Crippen MR) is 79.8 cm³/mol. The molecular formula is C12H15N5O2S. The van der Waals surface area contributed by atoms with Gasteiger partial charge >= 0.3 is 0 Å². The van der Waals surface area contributed by atoms with Crippen molar-refractivity contribution in [2.24, 2.45) is 5.84 Å². The van der Waals surface area contributed by atoms with Crippen LogP contribution in [0.2, 0.25) is 0 Å². The quantitative estimate of drug-likeness (QED) is 0.444. The lowest BCUT2D eigenvalue weighted by Crippen LogP contribution is -2.10. The van der Waals surface area contributed by atoms with Gasteiger partial charge in [0.2, 0.25) is 0 Å². The maximum Gasteiger partial charge on any atom is 0.276 e. The van der Waals surface area contributed by atoms with Gasteiger partial charge in [-0.05, 0) is 25.5 Å². The standard InChI is InChI=1S/C12H15N5O2S/c1-7-3-10(20-8(7)2)6-14-11-4-9(17(18)19)5-12(15-11)16-13/h3-5H,6,13H2,1-2H3,(H2,14,15,16). The third-order valence-electron chi connectivity index (χ3n) is 2.83. The molecule has 0 spiro atoms. The van der Waals surface area contributed by atoms with Crippen LogP contribution >= 0.6 is 11.3 Å². The van der Waals surface area contributed by atoms with E-state index in [1.54, 1.807) is 11.3 Å². The Morgan fingerprint density at radius 3 is 2.60 bits per heavy atom. The first-order valence-electron chi connectivity index (χ1n) is 5.92. The second-order valence-electron chi connectivity index (χ2n) is 4.30. The summed E-state index contributed by atoms with van der Waals surface area (Å²) in [5.74, 6) is 5.92. The van der Waals surface area contributed by atoms with Crippen molar-refractivity contribution in [3.05, 3.63) is 43.6 Å². The van der Waals surface area contributed by atoms with Crippen LogP contribution in [0.1, 0.15) is 15.3 Å². The number of nitro groups is 1. The van der Waals surface area contributed by atoms with Gasteiger partial charge in [-0.15, -0.1) is 11.3 Å². The first-order valence-corrected chi connectivity index (χ1v) is 6.74. The molecule has 7 nitrogen and oxygen atoms in total. The normalized spacial score (nSPS) is 10.3. The van der Waals surface area contributed by atoms with Crippen LogP contribution in [0.3, 0.4) is 0 Å². The first-order chi connectivity index (χ1) is 9.49. The Morgan fingerprint density at radius 1 is 1.35 bits per heavy atom. The molecule has 0 fully saturated rings. The SMILES string of the molecule is Cc1cc(CNc2cc([N+](=O)[O-])cc(NN)n2)sc1C. The Morgan fingerprint density at radius 2 is 2.05 bits per heavy atom. The largest absolute Gasteiger partial charge is 0.365 e. The topological polar surface area (TPSA) is 106 Å². The maximum absolute atomic E-state index is 10.8. The van der Waals surface area contributed by atoms with Crippen molar-refractivity contribution in [1.29, 1.82) is 0 Å². The second-order valence-corrected chi connectivity index (χ2v) is 5.64. The van der Waals surface area contributed by atoms with Gasteiger partial charge in [-0.2, -0.15) is 0 Å². The fraction of sp³-hybridized carbons (Fsp3) is 0.250. The van der Waals surface area contributed by atoms with Crippen LogP contribution < -0.4 is 16.6 Å². The van der Waals surface area contributed by atoms with E-state index in [0.29, 0.717) is 12.4 Å². The third-order valence-corrected chi connectivity index (χ3v) is 3.98. The zero-order valence-electron chi connectivity index (χ0n) is 11.1. The number of anilines is 2. The minimum Gasteiger partial charge on any atom is -0.365 e. The van der Waals surface area contributed by atoms with Gasteiger partial charge in [0.15, 0.2) is 0 Å².